The number of hydrogen-bond acceptors (Lipinski definition) is 3. The van der Waals surface area contributed by atoms with Gasteiger partial charge in [0.1, 0.15) is 0 Å². The smallest absolute Gasteiger partial charge is 0.0620 e. The molecule has 1 aromatic heterocycles. The maximum atomic E-state index is 2.50. The maximum Gasteiger partial charge on any atom is 0.0620 e. The van der Waals surface area contributed by atoms with E-state index >= 15 is 0 Å². The van der Waals surface area contributed by atoms with Gasteiger partial charge in [-0.2, -0.15) is 0 Å². The minimum absolute atomic E-state index is 1.04. The molecule has 1 heterocycles. The van der Waals surface area contributed by atoms with Gasteiger partial charge in [-0.25, -0.2) is 0 Å². The minimum atomic E-state index is 1.04. The van der Waals surface area contributed by atoms with Crippen LogP contribution in [0.25, 0.3) is 71.3 Å². The quantitative estimate of drug-likeness (QED) is 0.0895. The summed E-state index contributed by atoms with van der Waals surface area (Å²) in [6, 6.07) is 114. The van der Waals surface area contributed by atoms with Crippen LogP contribution in [0.3, 0.4) is 0 Å². The summed E-state index contributed by atoms with van der Waals surface area (Å²) in [5.74, 6) is 0. The van der Waals surface area contributed by atoms with Crippen LogP contribution < -0.4 is 14.7 Å². The standard InChI is InChI=1S/C74H52N4/c1-8-24-53(25-9-1)55-41-48-67-69(50-55)73(76(59-32-16-5-17-33-59)63-44-42-62(43-45-63)75(57-28-12-3-13-29-57)58-30-14-4-15-31-58)66-47-40-56(54-26-10-2-11-27-54)51-70(66)74(67)77(60-34-18-6-19-35-60)64-46-49-72-68(52-64)65-38-22-23-39-71(65)78(72)61-36-20-7-21-37-61/h1-52H. The molecule has 0 aliphatic heterocycles. The lowest BCUT2D eigenvalue weighted by Gasteiger charge is -2.33. The van der Waals surface area contributed by atoms with Gasteiger partial charge in [0.05, 0.1) is 22.4 Å². The van der Waals surface area contributed by atoms with Crippen molar-refractivity contribution < 1.29 is 0 Å². The Morgan fingerprint density at radius 1 is 0.192 bits per heavy atom. The van der Waals surface area contributed by atoms with Crippen LogP contribution in [0, 0.1) is 0 Å². The first-order valence-electron chi connectivity index (χ1n) is 26.7. The Balaban J connectivity index is 1.07. The molecule has 0 aliphatic carbocycles. The Bertz CT molecular complexity index is 4360. The van der Waals surface area contributed by atoms with E-state index in [-0.39, 0.29) is 0 Å². The van der Waals surface area contributed by atoms with Crippen molar-refractivity contribution in [2.75, 3.05) is 14.7 Å². The molecular weight excluding hydrogens is 945 g/mol. The van der Waals surface area contributed by atoms with E-state index in [4.69, 9.17) is 0 Å². The highest BCUT2D eigenvalue weighted by Crippen LogP contribution is 2.53. The molecule has 0 spiro atoms. The van der Waals surface area contributed by atoms with E-state index in [1.54, 1.807) is 0 Å². The average molecular weight is 997 g/mol. The topological polar surface area (TPSA) is 14.7 Å². The fourth-order valence-electron chi connectivity index (χ4n) is 11.6. The second-order valence-corrected chi connectivity index (χ2v) is 19.7. The molecule has 0 N–H and O–H groups in total. The van der Waals surface area contributed by atoms with Gasteiger partial charge in [0.25, 0.3) is 0 Å². The molecule has 0 saturated heterocycles. The summed E-state index contributed by atoms with van der Waals surface area (Å²) in [6.45, 7) is 0. The van der Waals surface area contributed by atoms with Gasteiger partial charge in [-0.15, -0.1) is 0 Å². The maximum absolute atomic E-state index is 2.50. The minimum Gasteiger partial charge on any atom is -0.311 e. The Labute approximate surface area is 454 Å². The van der Waals surface area contributed by atoms with Crippen molar-refractivity contribution in [3.63, 3.8) is 0 Å². The molecule has 0 atom stereocenters. The van der Waals surface area contributed by atoms with E-state index in [0.29, 0.717) is 0 Å². The van der Waals surface area contributed by atoms with Gasteiger partial charge < -0.3 is 19.3 Å². The summed E-state index contributed by atoms with van der Waals surface area (Å²) in [4.78, 5) is 7.30. The normalized spacial score (nSPS) is 11.3. The molecular formula is C74H52N4. The molecule has 0 unspecified atom stereocenters. The first kappa shape index (κ1) is 46.1. The zero-order valence-electron chi connectivity index (χ0n) is 42.8. The fraction of sp³-hybridized carbons (Fsp3) is 0. The third-order valence-electron chi connectivity index (χ3n) is 15.1. The van der Waals surface area contributed by atoms with E-state index in [2.05, 4.69) is 335 Å². The SMILES string of the molecule is c1ccc(-c2ccc3c(N(c4ccccc4)c4ccc5c(c4)c4ccccc4n5-c4ccccc4)c4cc(-c5ccccc5)ccc4c(N(c4ccccc4)c4ccc(N(c5ccccc5)c5ccccc5)cc4)c3c2)cc1. The number of fused-ring (bicyclic) bond motifs is 5. The van der Waals surface area contributed by atoms with Gasteiger partial charge >= 0.3 is 0 Å². The lowest BCUT2D eigenvalue weighted by atomic mass is 9.91. The number of nitrogens with zero attached hydrogens (tertiary/aromatic N) is 4. The van der Waals surface area contributed by atoms with Crippen LogP contribution in [0.15, 0.2) is 315 Å². The van der Waals surface area contributed by atoms with Gasteiger partial charge in [-0.3, -0.25) is 0 Å². The predicted molar refractivity (Wildman–Crippen MR) is 331 cm³/mol. The average Bonchev–Trinajstić information content (AvgIpc) is 3.87. The van der Waals surface area contributed by atoms with Crippen LogP contribution in [0.4, 0.5) is 51.2 Å². The van der Waals surface area contributed by atoms with Gasteiger partial charge in [0.15, 0.2) is 0 Å². The van der Waals surface area contributed by atoms with E-state index < -0.39 is 0 Å². The van der Waals surface area contributed by atoms with Crippen molar-refractivity contribution in [2.24, 2.45) is 0 Å². The van der Waals surface area contributed by atoms with Crippen molar-refractivity contribution in [1.82, 2.24) is 4.57 Å². The van der Waals surface area contributed by atoms with Crippen molar-refractivity contribution in [3.8, 4) is 27.9 Å². The van der Waals surface area contributed by atoms with E-state index in [1.165, 1.54) is 16.3 Å². The van der Waals surface area contributed by atoms with Gasteiger partial charge in [-0.05, 0) is 144 Å². The number of aromatic nitrogens is 1. The van der Waals surface area contributed by atoms with Crippen LogP contribution in [-0.2, 0) is 0 Å². The molecule has 14 rings (SSSR count). The molecule has 0 saturated carbocycles. The lowest BCUT2D eigenvalue weighted by Crippen LogP contribution is -2.15. The third-order valence-corrected chi connectivity index (χ3v) is 15.1. The van der Waals surface area contributed by atoms with Crippen molar-refractivity contribution in [1.29, 1.82) is 0 Å². The molecule has 0 aliphatic rings. The van der Waals surface area contributed by atoms with Crippen molar-refractivity contribution >= 4 is 94.5 Å². The first-order valence-corrected chi connectivity index (χ1v) is 26.7. The van der Waals surface area contributed by atoms with Crippen molar-refractivity contribution in [2.45, 2.75) is 0 Å². The highest BCUT2D eigenvalue weighted by Gasteiger charge is 2.28. The van der Waals surface area contributed by atoms with E-state index in [0.717, 1.165) is 106 Å². The summed E-state index contributed by atoms with van der Waals surface area (Å²) in [5, 5.41) is 6.88. The Morgan fingerprint density at radius 3 is 1.01 bits per heavy atom. The molecule has 14 aromatic rings. The predicted octanol–water partition coefficient (Wildman–Crippen LogP) is 20.8. The second-order valence-electron chi connectivity index (χ2n) is 19.7. The fourth-order valence-corrected chi connectivity index (χ4v) is 11.6. The first-order chi connectivity index (χ1) is 38.7. The second kappa shape index (κ2) is 20.0. The van der Waals surface area contributed by atoms with Crippen LogP contribution >= 0.6 is 0 Å². The van der Waals surface area contributed by atoms with Gasteiger partial charge in [0, 0.05) is 77.8 Å². The summed E-state index contributed by atoms with van der Waals surface area (Å²) < 4.78 is 2.39. The number of para-hydroxylation sites is 6. The van der Waals surface area contributed by atoms with Crippen LogP contribution in [0.5, 0.6) is 0 Å². The molecule has 368 valence electrons. The lowest BCUT2D eigenvalue weighted by molar-refractivity contribution is 1.18. The summed E-state index contributed by atoms with van der Waals surface area (Å²) in [7, 11) is 0. The Morgan fingerprint density at radius 2 is 0.538 bits per heavy atom. The van der Waals surface area contributed by atoms with Crippen LogP contribution in [0.1, 0.15) is 0 Å². The molecule has 0 fully saturated rings. The van der Waals surface area contributed by atoms with Gasteiger partial charge in [0.2, 0.25) is 0 Å². The number of hydrogen-bond donors (Lipinski definition) is 0. The molecule has 4 heteroatoms. The number of anilines is 9. The molecule has 78 heavy (non-hydrogen) atoms. The molecule has 0 radical (unpaired) electrons. The van der Waals surface area contributed by atoms with E-state index in [1.807, 2.05) is 0 Å². The molecule has 4 nitrogen and oxygen atoms in total. The molecule has 0 amide bonds. The highest BCUT2D eigenvalue weighted by atomic mass is 15.2. The highest BCUT2D eigenvalue weighted by molar-refractivity contribution is 6.25. The van der Waals surface area contributed by atoms with Crippen LogP contribution in [0.2, 0.25) is 0 Å². The summed E-state index contributed by atoms with van der Waals surface area (Å²) in [5.41, 5.74) is 17.7. The molecule has 0 bridgehead atoms. The monoisotopic (exact) mass is 996 g/mol. The summed E-state index contributed by atoms with van der Waals surface area (Å²) in [6.07, 6.45) is 0. The Hall–Kier alpha value is -10.4. The Kier molecular flexibility index (Phi) is 11.8. The van der Waals surface area contributed by atoms with Crippen LogP contribution in [-0.4, -0.2) is 4.57 Å². The van der Waals surface area contributed by atoms with Crippen molar-refractivity contribution in [3.05, 3.63) is 315 Å². The van der Waals surface area contributed by atoms with E-state index in [9.17, 15) is 0 Å². The third kappa shape index (κ3) is 8.30. The summed E-state index contributed by atoms with van der Waals surface area (Å²) >= 11 is 0. The zero-order chi connectivity index (χ0) is 51.8. The zero-order valence-corrected chi connectivity index (χ0v) is 42.8. The molecule has 13 aromatic carbocycles. The largest absolute Gasteiger partial charge is 0.311 e. The number of benzene rings is 13. The number of rotatable bonds is 12. The van der Waals surface area contributed by atoms with Gasteiger partial charge in [-0.1, -0.05) is 194 Å².